The van der Waals surface area contributed by atoms with Gasteiger partial charge in [-0.15, -0.1) is 0 Å². The number of carboxylic acids is 1. The van der Waals surface area contributed by atoms with Gasteiger partial charge in [-0.1, -0.05) is 24.3 Å². The van der Waals surface area contributed by atoms with Crippen molar-refractivity contribution < 1.29 is 33.8 Å². The Labute approximate surface area is 232 Å². The molecule has 40 heavy (non-hydrogen) atoms. The molecule has 0 aliphatic carbocycles. The van der Waals surface area contributed by atoms with Crippen LogP contribution >= 0.6 is 0 Å². The first-order valence-corrected chi connectivity index (χ1v) is 12.8. The summed E-state index contributed by atoms with van der Waals surface area (Å²) in [5.41, 5.74) is 2.81. The molecular weight excluding hydrogens is 518 g/mol. The molecule has 1 aliphatic heterocycles. The molecule has 12 heteroatoms. The molecule has 0 saturated heterocycles. The first kappa shape index (κ1) is 30.1. The van der Waals surface area contributed by atoms with Gasteiger partial charge in [-0.2, -0.15) is 0 Å². The smallest absolute Gasteiger partial charge is 0.326 e. The van der Waals surface area contributed by atoms with Crippen LogP contribution in [-0.4, -0.2) is 73.1 Å². The zero-order valence-corrected chi connectivity index (χ0v) is 22.9. The summed E-state index contributed by atoms with van der Waals surface area (Å²) in [4.78, 5) is 52.1. The Hall–Kier alpha value is -4.45. The van der Waals surface area contributed by atoms with Crippen LogP contribution in [0.2, 0.25) is 0 Å². The topological polar surface area (TPSA) is 167 Å². The summed E-state index contributed by atoms with van der Waals surface area (Å²) in [6, 6.07) is 10.8. The molecule has 3 atom stereocenters. The number of aliphatic carboxylic acids is 1. The van der Waals surface area contributed by atoms with Gasteiger partial charge in [-0.3, -0.25) is 9.59 Å². The Bertz CT molecular complexity index is 1280. The Morgan fingerprint density at radius 2 is 1.82 bits per heavy atom. The zero-order chi connectivity index (χ0) is 29.2. The Balaban J connectivity index is 1.46. The molecule has 2 aromatic rings. The first-order valence-electron chi connectivity index (χ1n) is 12.8. The minimum Gasteiger partial charge on any atom is -0.495 e. The molecule has 0 saturated carbocycles. The Morgan fingerprint density at radius 3 is 2.50 bits per heavy atom. The summed E-state index contributed by atoms with van der Waals surface area (Å²) in [7, 11) is 1.48. The lowest BCUT2D eigenvalue weighted by Gasteiger charge is -2.20. The highest BCUT2D eigenvalue weighted by Gasteiger charge is 2.32. The number of amides is 3. The summed E-state index contributed by atoms with van der Waals surface area (Å²) < 4.78 is 11.2. The number of aryl methyl sites for hydroxylation is 1. The molecule has 1 aliphatic rings. The average molecular weight is 554 g/mol. The van der Waals surface area contributed by atoms with Crippen molar-refractivity contribution in [2.24, 2.45) is 4.99 Å². The van der Waals surface area contributed by atoms with Gasteiger partial charge < -0.3 is 35.8 Å². The van der Waals surface area contributed by atoms with Gasteiger partial charge in [-0.05, 0) is 43.2 Å². The number of ether oxygens (including phenoxy) is 2. The lowest BCUT2D eigenvalue weighted by atomic mass is 10.0. The number of carboxylic acid groups (broad SMARTS) is 1. The summed E-state index contributed by atoms with van der Waals surface area (Å²) in [6.07, 6.45) is -0.288. The second kappa shape index (κ2) is 14.1. The number of nitrogens with zero attached hydrogens (tertiary/aromatic N) is 1. The maximum Gasteiger partial charge on any atom is 0.326 e. The molecule has 3 rings (SSSR count). The number of hydrogen-bond donors (Lipinski definition) is 5. The van der Waals surface area contributed by atoms with Gasteiger partial charge in [0.2, 0.25) is 5.91 Å². The molecule has 214 valence electrons. The van der Waals surface area contributed by atoms with Crippen molar-refractivity contribution in [1.82, 2.24) is 10.6 Å². The number of hydrogen-bond acceptors (Lipinski definition) is 8. The van der Waals surface area contributed by atoms with E-state index in [1.807, 2.05) is 31.2 Å². The van der Waals surface area contributed by atoms with Gasteiger partial charge in [0, 0.05) is 25.5 Å². The van der Waals surface area contributed by atoms with E-state index < -0.39 is 30.1 Å². The largest absolute Gasteiger partial charge is 0.495 e. The second-order valence-electron chi connectivity index (χ2n) is 9.49. The predicted molar refractivity (Wildman–Crippen MR) is 150 cm³/mol. The third-order valence-corrected chi connectivity index (χ3v) is 6.22. The SMILES string of the molecule is COc1cc(CC(=O)CNCC2=NC(C)C(CC(NC(C)=O)C(=O)O)O2)ccc1NC(=O)Nc1ccccc1C. The fraction of sp³-hybridized carbons (Fsp3) is 0.393. The monoisotopic (exact) mass is 553 g/mol. The average Bonchev–Trinajstić information content (AvgIpc) is 3.24. The van der Waals surface area contributed by atoms with E-state index in [4.69, 9.17) is 9.47 Å². The minimum absolute atomic E-state index is 0.0617. The number of Topliss-reactive ketones (excluding diaryl/α,β-unsaturated/α-hetero) is 1. The van der Waals surface area contributed by atoms with E-state index in [9.17, 15) is 24.3 Å². The number of carbonyl (C=O) groups is 4. The van der Waals surface area contributed by atoms with Crippen molar-refractivity contribution >= 4 is 41.0 Å². The number of anilines is 2. The van der Waals surface area contributed by atoms with Gasteiger partial charge in [0.05, 0.1) is 31.9 Å². The molecule has 3 unspecified atom stereocenters. The number of aliphatic imine (C=N–C) groups is 1. The molecular formula is C28H35N5O7. The molecule has 0 fully saturated rings. The molecule has 0 spiro atoms. The van der Waals surface area contributed by atoms with Crippen molar-refractivity contribution in [3.05, 3.63) is 53.6 Å². The summed E-state index contributed by atoms with van der Waals surface area (Å²) in [5.74, 6) is -0.871. The van der Waals surface area contributed by atoms with E-state index in [1.165, 1.54) is 14.0 Å². The number of urea groups is 1. The number of rotatable bonds is 13. The number of ketones is 1. The van der Waals surface area contributed by atoms with Crippen molar-refractivity contribution in [3.63, 3.8) is 0 Å². The Morgan fingerprint density at radius 1 is 1.10 bits per heavy atom. The number of benzene rings is 2. The first-order chi connectivity index (χ1) is 19.0. The molecule has 3 amide bonds. The van der Waals surface area contributed by atoms with E-state index in [0.29, 0.717) is 28.6 Å². The molecule has 1 heterocycles. The van der Waals surface area contributed by atoms with Crippen molar-refractivity contribution in [1.29, 1.82) is 0 Å². The number of carbonyl (C=O) groups excluding carboxylic acids is 3. The van der Waals surface area contributed by atoms with Crippen molar-refractivity contribution in [3.8, 4) is 5.75 Å². The van der Waals surface area contributed by atoms with Crippen LogP contribution in [0.15, 0.2) is 47.5 Å². The van der Waals surface area contributed by atoms with Gasteiger partial charge in [-0.25, -0.2) is 14.6 Å². The lowest BCUT2D eigenvalue weighted by Crippen LogP contribution is -2.43. The van der Waals surface area contributed by atoms with Gasteiger partial charge in [0.25, 0.3) is 0 Å². The minimum atomic E-state index is -1.14. The molecule has 5 N–H and O–H groups in total. The van der Waals surface area contributed by atoms with E-state index >= 15 is 0 Å². The van der Waals surface area contributed by atoms with Crippen molar-refractivity contribution in [2.45, 2.75) is 51.8 Å². The third kappa shape index (κ3) is 8.80. The molecule has 0 radical (unpaired) electrons. The van der Waals surface area contributed by atoms with Gasteiger partial charge in [0.1, 0.15) is 17.9 Å². The van der Waals surface area contributed by atoms with Crippen LogP contribution in [-0.2, 0) is 25.5 Å². The Kier molecular flexibility index (Phi) is 10.6. The molecule has 0 aromatic heterocycles. The quantitative estimate of drug-likeness (QED) is 0.252. The highest BCUT2D eigenvalue weighted by molar-refractivity contribution is 6.01. The summed E-state index contributed by atoms with van der Waals surface area (Å²) >= 11 is 0. The molecule has 0 bridgehead atoms. The van der Waals surface area contributed by atoms with E-state index in [2.05, 4.69) is 26.3 Å². The van der Waals surface area contributed by atoms with Crippen LogP contribution in [0, 0.1) is 6.92 Å². The molecule has 2 aromatic carbocycles. The summed E-state index contributed by atoms with van der Waals surface area (Å²) in [5, 5.41) is 20.3. The van der Waals surface area contributed by atoms with Crippen LogP contribution in [0.5, 0.6) is 5.75 Å². The highest BCUT2D eigenvalue weighted by Crippen LogP contribution is 2.26. The van der Waals surface area contributed by atoms with E-state index in [-0.39, 0.29) is 37.8 Å². The lowest BCUT2D eigenvalue weighted by molar-refractivity contribution is -0.142. The zero-order valence-electron chi connectivity index (χ0n) is 22.9. The fourth-order valence-electron chi connectivity index (χ4n) is 4.18. The van der Waals surface area contributed by atoms with Crippen LogP contribution < -0.4 is 26.0 Å². The van der Waals surface area contributed by atoms with Crippen LogP contribution in [0.3, 0.4) is 0 Å². The van der Waals surface area contributed by atoms with Crippen LogP contribution in [0.1, 0.15) is 31.4 Å². The third-order valence-electron chi connectivity index (χ3n) is 6.22. The number of nitrogens with one attached hydrogen (secondary N) is 4. The standard InChI is InChI=1S/C28H35N5O7/c1-16-7-5-6-8-21(16)32-28(38)33-22-10-9-19(12-25(22)39-4)11-20(35)14-29-15-26-30-17(2)24(40-26)13-23(27(36)37)31-18(3)34/h5-10,12,17,23-24,29H,11,13-15H2,1-4H3,(H,31,34)(H,36,37)(H2,32,33,38). The number of para-hydroxylation sites is 1. The van der Waals surface area contributed by atoms with Crippen LogP contribution in [0.25, 0.3) is 0 Å². The highest BCUT2D eigenvalue weighted by atomic mass is 16.5. The van der Waals surface area contributed by atoms with Crippen molar-refractivity contribution in [2.75, 3.05) is 30.8 Å². The maximum atomic E-state index is 12.6. The van der Waals surface area contributed by atoms with Gasteiger partial charge in [0.15, 0.2) is 11.7 Å². The maximum absolute atomic E-state index is 12.6. The number of methoxy groups -OCH3 is 1. The van der Waals surface area contributed by atoms with Crippen LogP contribution in [0.4, 0.5) is 16.2 Å². The van der Waals surface area contributed by atoms with Gasteiger partial charge >= 0.3 is 12.0 Å². The summed E-state index contributed by atoms with van der Waals surface area (Å²) in [6.45, 7) is 5.22. The fourth-order valence-corrected chi connectivity index (χ4v) is 4.18. The normalized spacial score (nSPS) is 16.8. The second-order valence-corrected chi connectivity index (χ2v) is 9.49. The molecule has 12 nitrogen and oxygen atoms in total. The van der Waals surface area contributed by atoms with E-state index in [1.54, 1.807) is 25.1 Å². The van der Waals surface area contributed by atoms with E-state index in [0.717, 1.165) is 5.56 Å². The predicted octanol–water partition coefficient (Wildman–Crippen LogP) is 2.51.